The highest BCUT2D eigenvalue weighted by Gasteiger charge is 2.20. The fourth-order valence-corrected chi connectivity index (χ4v) is 6.24. The van der Waals surface area contributed by atoms with Crippen LogP contribution in [0.3, 0.4) is 0 Å². The number of para-hydroxylation sites is 2. The van der Waals surface area contributed by atoms with Crippen LogP contribution in [0.4, 0.5) is 0 Å². The molecule has 6 aromatic carbocycles. The first-order valence-electron chi connectivity index (χ1n) is 12.6. The summed E-state index contributed by atoms with van der Waals surface area (Å²) in [4.78, 5) is 0. The van der Waals surface area contributed by atoms with Crippen molar-refractivity contribution in [3.63, 3.8) is 0 Å². The van der Waals surface area contributed by atoms with Gasteiger partial charge in [-0.1, -0.05) is 97.1 Å². The molecular weight excluding hydrogens is 434 g/mol. The summed E-state index contributed by atoms with van der Waals surface area (Å²) in [5.74, 6) is 0. The van der Waals surface area contributed by atoms with E-state index in [4.69, 9.17) is 0 Å². The van der Waals surface area contributed by atoms with Crippen molar-refractivity contribution in [1.29, 1.82) is 0 Å². The van der Waals surface area contributed by atoms with E-state index in [0.29, 0.717) is 0 Å². The van der Waals surface area contributed by atoms with E-state index in [9.17, 15) is 0 Å². The summed E-state index contributed by atoms with van der Waals surface area (Å²) in [6.07, 6.45) is 0.994. The van der Waals surface area contributed by atoms with E-state index in [-0.39, 0.29) is 0 Å². The van der Waals surface area contributed by atoms with E-state index < -0.39 is 0 Å². The minimum atomic E-state index is 0.994. The molecule has 0 saturated carbocycles. The molecule has 1 aliphatic rings. The number of nitrogens with zero attached hydrogens (tertiary/aromatic N) is 1. The molecule has 1 heterocycles. The first-order chi connectivity index (χ1) is 17.9. The molecule has 0 unspecified atom stereocenters. The van der Waals surface area contributed by atoms with Crippen LogP contribution >= 0.6 is 0 Å². The van der Waals surface area contributed by atoms with Gasteiger partial charge in [-0.15, -0.1) is 0 Å². The second-order valence-corrected chi connectivity index (χ2v) is 9.75. The zero-order chi connectivity index (χ0) is 23.6. The third-order valence-corrected chi connectivity index (χ3v) is 7.81. The van der Waals surface area contributed by atoms with E-state index in [1.807, 2.05) is 0 Å². The molecule has 0 spiro atoms. The summed E-state index contributed by atoms with van der Waals surface area (Å²) in [5, 5.41) is 5.32. The minimum Gasteiger partial charge on any atom is -0.309 e. The molecule has 36 heavy (non-hydrogen) atoms. The molecule has 1 aliphatic carbocycles. The first kappa shape index (κ1) is 19.7. The molecule has 0 N–H and O–H groups in total. The molecule has 0 saturated heterocycles. The van der Waals surface area contributed by atoms with Gasteiger partial charge in [0.15, 0.2) is 0 Å². The molecular formula is C35H23N. The molecule has 1 nitrogen and oxygen atoms in total. The van der Waals surface area contributed by atoms with Crippen molar-refractivity contribution in [1.82, 2.24) is 4.57 Å². The first-order valence-corrected chi connectivity index (χ1v) is 12.6. The molecule has 0 bridgehead atoms. The lowest BCUT2D eigenvalue weighted by Gasteiger charge is -2.22. The van der Waals surface area contributed by atoms with Gasteiger partial charge in [-0.25, -0.2) is 0 Å². The lowest BCUT2D eigenvalue weighted by molar-refractivity contribution is 1.18. The van der Waals surface area contributed by atoms with Crippen molar-refractivity contribution in [2.24, 2.45) is 0 Å². The molecule has 1 heteroatoms. The summed E-state index contributed by atoms with van der Waals surface area (Å²) in [6, 6.07) is 46.7. The Morgan fingerprint density at radius 2 is 1.19 bits per heavy atom. The van der Waals surface area contributed by atoms with Crippen molar-refractivity contribution < 1.29 is 0 Å². The molecule has 0 amide bonds. The van der Waals surface area contributed by atoms with Crippen LogP contribution in [0.15, 0.2) is 127 Å². The Kier molecular flexibility index (Phi) is 4.06. The predicted molar refractivity (Wildman–Crippen MR) is 152 cm³/mol. The van der Waals surface area contributed by atoms with Crippen molar-refractivity contribution in [3.05, 3.63) is 139 Å². The zero-order valence-electron chi connectivity index (χ0n) is 19.8. The lowest BCUT2D eigenvalue weighted by atomic mass is 9.82. The van der Waals surface area contributed by atoms with Crippen LogP contribution in [0.25, 0.3) is 60.5 Å². The van der Waals surface area contributed by atoms with Crippen LogP contribution in [-0.4, -0.2) is 4.57 Å². The lowest BCUT2D eigenvalue weighted by Crippen LogP contribution is -2.01. The largest absolute Gasteiger partial charge is 0.309 e. The van der Waals surface area contributed by atoms with Gasteiger partial charge in [0.2, 0.25) is 0 Å². The minimum absolute atomic E-state index is 0.994. The Bertz CT molecular complexity index is 1960. The number of fused-ring (bicyclic) bond motifs is 5. The number of hydrogen-bond donors (Lipinski definition) is 0. The van der Waals surface area contributed by atoms with Crippen LogP contribution in [0.1, 0.15) is 11.1 Å². The van der Waals surface area contributed by atoms with Gasteiger partial charge in [0, 0.05) is 16.5 Å². The molecule has 0 radical (unpaired) electrons. The fourth-order valence-electron chi connectivity index (χ4n) is 6.24. The third kappa shape index (κ3) is 2.71. The summed E-state index contributed by atoms with van der Waals surface area (Å²) >= 11 is 0. The van der Waals surface area contributed by atoms with Crippen LogP contribution in [0.2, 0.25) is 0 Å². The molecule has 0 aliphatic heterocycles. The van der Waals surface area contributed by atoms with Gasteiger partial charge < -0.3 is 4.57 Å². The monoisotopic (exact) mass is 457 g/mol. The van der Waals surface area contributed by atoms with Gasteiger partial charge in [-0.05, 0) is 80.9 Å². The topological polar surface area (TPSA) is 4.93 Å². The van der Waals surface area contributed by atoms with Gasteiger partial charge in [0.1, 0.15) is 0 Å². The highest BCUT2D eigenvalue weighted by molar-refractivity contribution is 6.13. The maximum absolute atomic E-state index is 2.39. The SMILES string of the molecule is c1ccc(-n2c3ccccc3c3cc(-c4ccc5c6c(cccc46)-c4ccccc4C5)ccc32)cc1. The Morgan fingerprint density at radius 1 is 0.444 bits per heavy atom. The average molecular weight is 458 g/mol. The van der Waals surface area contributed by atoms with Crippen LogP contribution < -0.4 is 0 Å². The summed E-state index contributed by atoms with van der Waals surface area (Å²) in [7, 11) is 0. The van der Waals surface area contributed by atoms with Crippen molar-refractivity contribution >= 4 is 32.6 Å². The fraction of sp³-hybridized carbons (Fsp3) is 0.0286. The van der Waals surface area contributed by atoms with Crippen LogP contribution in [-0.2, 0) is 6.42 Å². The second kappa shape index (κ2) is 7.44. The van der Waals surface area contributed by atoms with Gasteiger partial charge in [0.05, 0.1) is 11.0 Å². The van der Waals surface area contributed by atoms with E-state index in [1.165, 1.54) is 71.6 Å². The summed E-state index contributed by atoms with van der Waals surface area (Å²) in [6.45, 7) is 0. The Labute approximate surface area is 209 Å². The Morgan fingerprint density at radius 3 is 2.14 bits per heavy atom. The Balaban J connectivity index is 1.40. The Hall–Kier alpha value is -4.62. The number of hydrogen-bond acceptors (Lipinski definition) is 0. The third-order valence-electron chi connectivity index (χ3n) is 7.81. The number of rotatable bonds is 2. The van der Waals surface area contributed by atoms with E-state index >= 15 is 0 Å². The normalized spacial score (nSPS) is 12.3. The van der Waals surface area contributed by atoms with E-state index in [1.54, 1.807) is 0 Å². The van der Waals surface area contributed by atoms with E-state index in [0.717, 1.165) is 6.42 Å². The molecule has 0 atom stereocenters. The summed E-state index contributed by atoms with van der Waals surface area (Å²) in [5.41, 5.74) is 11.8. The van der Waals surface area contributed by atoms with Crippen molar-refractivity contribution in [3.8, 4) is 27.9 Å². The smallest absolute Gasteiger partial charge is 0.0541 e. The van der Waals surface area contributed by atoms with Crippen LogP contribution in [0, 0.1) is 0 Å². The molecule has 168 valence electrons. The summed E-state index contributed by atoms with van der Waals surface area (Å²) < 4.78 is 2.38. The van der Waals surface area contributed by atoms with Gasteiger partial charge in [-0.3, -0.25) is 0 Å². The quantitative estimate of drug-likeness (QED) is 0.244. The maximum Gasteiger partial charge on any atom is 0.0541 e. The maximum atomic E-state index is 2.39. The second-order valence-electron chi connectivity index (χ2n) is 9.75. The predicted octanol–water partition coefficient (Wildman–Crippen LogP) is 9.18. The molecule has 1 aromatic heterocycles. The van der Waals surface area contributed by atoms with Gasteiger partial charge in [0.25, 0.3) is 0 Å². The highest BCUT2D eigenvalue weighted by Crippen LogP contribution is 2.43. The van der Waals surface area contributed by atoms with Crippen molar-refractivity contribution in [2.45, 2.75) is 6.42 Å². The van der Waals surface area contributed by atoms with Crippen molar-refractivity contribution in [2.75, 3.05) is 0 Å². The number of benzene rings is 6. The zero-order valence-corrected chi connectivity index (χ0v) is 19.8. The van der Waals surface area contributed by atoms with Gasteiger partial charge >= 0.3 is 0 Å². The average Bonchev–Trinajstić information content (AvgIpc) is 3.28. The highest BCUT2D eigenvalue weighted by atomic mass is 15.0. The standard InChI is InChI=1S/C35H23N/c1-2-10-26(11-3-1)36-33-16-7-6-13-29(33)32-22-24(18-20-34(32)36)28-19-17-25-21-23-9-4-5-12-27(23)30-14-8-15-31(28)35(25)30/h1-20,22H,21H2. The van der Waals surface area contributed by atoms with E-state index in [2.05, 4.69) is 132 Å². The molecule has 0 fully saturated rings. The molecule has 7 aromatic rings. The number of aromatic nitrogens is 1. The van der Waals surface area contributed by atoms with Gasteiger partial charge in [-0.2, -0.15) is 0 Å². The van der Waals surface area contributed by atoms with Crippen LogP contribution in [0.5, 0.6) is 0 Å². The molecule has 8 rings (SSSR count).